The molecule has 4 rings (SSSR count). The van der Waals surface area contributed by atoms with E-state index in [1.165, 1.54) is 0 Å². The molecule has 0 fully saturated rings. The van der Waals surface area contributed by atoms with E-state index >= 15 is 0 Å². The largest absolute Gasteiger partial charge is 0.489 e. The van der Waals surface area contributed by atoms with Crippen molar-refractivity contribution in [2.75, 3.05) is 0 Å². The summed E-state index contributed by atoms with van der Waals surface area (Å²) in [6, 6.07) is 18.9. The number of Topliss-reactive ketones (excluding diaryl/α,β-unsaturated/α-hetero) is 1. The normalized spacial score (nSPS) is 13.9. The Labute approximate surface area is 174 Å². The van der Waals surface area contributed by atoms with Gasteiger partial charge in [-0.25, -0.2) is 0 Å². The number of carbonyl (C=O) groups excluding carboxylic acids is 1. The van der Waals surface area contributed by atoms with Gasteiger partial charge in [0.05, 0.1) is 5.56 Å². The maximum atomic E-state index is 12.8. The summed E-state index contributed by atoms with van der Waals surface area (Å²) < 4.78 is 11.8. The molecule has 1 aliphatic heterocycles. The molecule has 3 nitrogen and oxygen atoms in total. The molecule has 1 aliphatic rings. The number of ether oxygens (including phenoxy) is 2. The van der Waals surface area contributed by atoms with E-state index in [1.807, 2.05) is 49.4 Å². The van der Waals surface area contributed by atoms with Gasteiger partial charge in [0.1, 0.15) is 18.1 Å². The van der Waals surface area contributed by atoms with Crippen LogP contribution in [0.15, 0.2) is 73.0 Å². The molecule has 0 amide bonds. The SMILES string of the molecule is C=Cc1ccc(COc2cc(C)c3c(c2)O/C(=C\c2cccc(Cl)c2)C3=O)cc1. The molecule has 3 aromatic rings. The highest BCUT2D eigenvalue weighted by Crippen LogP contribution is 2.37. The maximum Gasteiger partial charge on any atom is 0.232 e. The van der Waals surface area contributed by atoms with Crippen molar-refractivity contribution in [3.05, 3.63) is 106 Å². The third-order valence-corrected chi connectivity index (χ3v) is 4.95. The minimum atomic E-state index is -0.135. The first-order valence-corrected chi connectivity index (χ1v) is 9.60. The summed E-state index contributed by atoms with van der Waals surface area (Å²) in [6.45, 7) is 6.06. The second-order valence-electron chi connectivity index (χ2n) is 6.84. The smallest absolute Gasteiger partial charge is 0.232 e. The lowest BCUT2D eigenvalue weighted by Crippen LogP contribution is -2.00. The standard InChI is InChI=1S/C25H19ClO3/c1-3-17-7-9-18(10-8-17)15-28-21-11-16(2)24-22(14-21)29-23(25(24)27)13-19-5-4-6-20(26)12-19/h3-14H,1,15H2,2H3/b23-13-. The molecule has 0 saturated carbocycles. The van der Waals surface area contributed by atoms with Gasteiger partial charge in [0.2, 0.25) is 5.78 Å². The van der Waals surface area contributed by atoms with Crippen molar-refractivity contribution in [2.45, 2.75) is 13.5 Å². The van der Waals surface area contributed by atoms with Crippen molar-refractivity contribution in [2.24, 2.45) is 0 Å². The summed E-state index contributed by atoms with van der Waals surface area (Å²) in [5, 5.41) is 0.607. The van der Waals surface area contributed by atoms with Crippen LogP contribution in [0.25, 0.3) is 12.2 Å². The van der Waals surface area contributed by atoms with Crippen molar-refractivity contribution >= 4 is 29.5 Å². The van der Waals surface area contributed by atoms with Gasteiger partial charge in [-0.15, -0.1) is 0 Å². The van der Waals surface area contributed by atoms with Crippen LogP contribution in [0.3, 0.4) is 0 Å². The average molecular weight is 403 g/mol. The molecule has 0 bridgehead atoms. The molecular weight excluding hydrogens is 384 g/mol. The monoisotopic (exact) mass is 402 g/mol. The highest BCUT2D eigenvalue weighted by atomic mass is 35.5. The van der Waals surface area contributed by atoms with Crippen molar-refractivity contribution < 1.29 is 14.3 Å². The first-order chi connectivity index (χ1) is 14.0. The molecular formula is C25H19ClO3. The highest BCUT2D eigenvalue weighted by molar-refractivity contribution is 6.30. The number of fused-ring (bicyclic) bond motifs is 1. The Bertz CT molecular complexity index is 1130. The fourth-order valence-electron chi connectivity index (χ4n) is 3.23. The van der Waals surface area contributed by atoms with Gasteiger partial charge in [-0.3, -0.25) is 4.79 Å². The number of hydrogen-bond donors (Lipinski definition) is 0. The zero-order valence-corrected chi connectivity index (χ0v) is 16.7. The first-order valence-electron chi connectivity index (χ1n) is 9.22. The summed E-state index contributed by atoms with van der Waals surface area (Å²) in [6.07, 6.45) is 3.51. The van der Waals surface area contributed by atoms with Gasteiger partial charge in [0.15, 0.2) is 5.76 Å². The van der Waals surface area contributed by atoms with Crippen molar-refractivity contribution in [3.63, 3.8) is 0 Å². The van der Waals surface area contributed by atoms with Crippen LogP contribution in [0.4, 0.5) is 0 Å². The summed E-state index contributed by atoms with van der Waals surface area (Å²) in [5.41, 5.74) is 4.31. The van der Waals surface area contributed by atoms with E-state index in [2.05, 4.69) is 6.58 Å². The number of aryl methyl sites for hydroxylation is 1. The second-order valence-corrected chi connectivity index (χ2v) is 7.28. The van der Waals surface area contributed by atoms with Crippen LogP contribution in [-0.2, 0) is 6.61 Å². The number of halogens is 1. The zero-order chi connectivity index (χ0) is 20.4. The summed E-state index contributed by atoms with van der Waals surface area (Å²) in [7, 11) is 0. The van der Waals surface area contributed by atoms with E-state index in [1.54, 1.807) is 30.4 Å². The summed E-state index contributed by atoms with van der Waals surface area (Å²) in [5.74, 6) is 1.32. The van der Waals surface area contributed by atoms with Gasteiger partial charge in [-0.1, -0.05) is 60.7 Å². The predicted molar refractivity (Wildman–Crippen MR) is 116 cm³/mol. The molecule has 0 unspecified atom stereocenters. The van der Waals surface area contributed by atoms with Gasteiger partial charge in [-0.2, -0.15) is 0 Å². The first kappa shape index (κ1) is 19.0. The fourth-order valence-corrected chi connectivity index (χ4v) is 3.42. The molecule has 0 radical (unpaired) electrons. The molecule has 0 spiro atoms. The maximum absolute atomic E-state index is 12.8. The minimum absolute atomic E-state index is 0.135. The number of ketones is 1. The molecule has 4 heteroatoms. The van der Waals surface area contributed by atoms with E-state index in [0.717, 1.165) is 22.3 Å². The molecule has 1 heterocycles. The summed E-state index contributed by atoms with van der Waals surface area (Å²) >= 11 is 6.03. The minimum Gasteiger partial charge on any atom is -0.489 e. The van der Waals surface area contributed by atoms with Crippen LogP contribution in [0.2, 0.25) is 5.02 Å². The van der Waals surface area contributed by atoms with E-state index in [9.17, 15) is 4.79 Å². The van der Waals surface area contributed by atoms with Crippen LogP contribution in [0, 0.1) is 6.92 Å². The van der Waals surface area contributed by atoms with Crippen molar-refractivity contribution in [1.82, 2.24) is 0 Å². The molecule has 0 saturated heterocycles. The van der Waals surface area contributed by atoms with E-state index in [4.69, 9.17) is 21.1 Å². The van der Waals surface area contributed by atoms with Crippen LogP contribution < -0.4 is 9.47 Å². The Morgan fingerprint density at radius 1 is 1.07 bits per heavy atom. The van der Waals surface area contributed by atoms with Crippen LogP contribution in [-0.4, -0.2) is 5.78 Å². The lowest BCUT2D eigenvalue weighted by atomic mass is 10.0. The second kappa shape index (κ2) is 7.98. The molecule has 3 aromatic carbocycles. The van der Waals surface area contributed by atoms with E-state index < -0.39 is 0 Å². The quantitative estimate of drug-likeness (QED) is 0.458. The van der Waals surface area contributed by atoms with Gasteiger partial charge in [0.25, 0.3) is 0 Å². The van der Waals surface area contributed by atoms with Gasteiger partial charge < -0.3 is 9.47 Å². The van der Waals surface area contributed by atoms with E-state index in [-0.39, 0.29) is 11.5 Å². The Morgan fingerprint density at radius 2 is 1.86 bits per heavy atom. The number of carbonyl (C=O) groups is 1. The predicted octanol–water partition coefficient (Wildman–Crippen LogP) is 6.49. The Morgan fingerprint density at radius 3 is 2.59 bits per heavy atom. The molecule has 0 aromatic heterocycles. The van der Waals surface area contributed by atoms with Crippen molar-refractivity contribution in [1.29, 1.82) is 0 Å². The fraction of sp³-hybridized carbons (Fsp3) is 0.0800. The molecule has 0 aliphatic carbocycles. The highest BCUT2D eigenvalue weighted by Gasteiger charge is 2.30. The molecule has 0 atom stereocenters. The Kier molecular flexibility index (Phi) is 5.24. The van der Waals surface area contributed by atoms with Crippen LogP contribution >= 0.6 is 11.6 Å². The third-order valence-electron chi connectivity index (χ3n) is 4.71. The summed E-state index contributed by atoms with van der Waals surface area (Å²) in [4.78, 5) is 12.8. The number of allylic oxidation sites excluding steroid dienone is 1. The average Bonchev–Trinajstić information content (AvgIpc) is 3.02. The van der Waals surface area contributed by atoms with Crippen LogP contribution in [0.5, 0.6) is 11.5 Å². The zero-order valence-electron chi connectivity index (χ0n) is 15.9. The van der Waals surface area contributed by atoms with Gasteiger partial charge in [-0.05, 0) is 53.5 Å². The van der Waals surface area contributed by atoms with Crippen LogP contribution in [0.1, 0.15) is 32.6 Å². The molecule has 0 N–H and O–H groups in total. The third kappa shape index (κ3) is 4.10. The Hall–Kier alpha value is -3.30. The van der Waals surface area contributed by atoms with Gasteiger partial charge in [0, 0.05) is 11.1 Å². The van der Waals surface area contributed by atoms with Gasteiger partial charge >= 0.3 is 0 Å². The number of rotatable bonds is 5. The lowest BCUT2D eigenvalue weighted by Gasteiger charge is -2.09. The topological polar surface area (TPSA) is 35.5 Å². The van der Waals surface area contributed by atoms with E-state index in [0.29, 0.717) is 28.7 Å². The number of hydrogen-bond acceptors (Lipinski definition) is 3. The van der Waals surface area contributed by atoms with Crippen molar-refractivity contribution in [3.8, 4) is 11.5 Å². The Balaban J connectivity index is 1.54. The molecule has 29 heavy (non-hydrogen) atoms. The number of benzene rings is 3. The lowest BCUT2D eigenvalue weighted by molar-refractivity contribution is 0.101. The molecule has 144 valence electrons.